The number of carbonyl (C=O) groups is 1. The highest BCUT2D eigenvalue weighted by Gasteiger charge is 2.27. The Morgan fingerprint density at radius 2 is 2.06 bits per heavy atom. The van der Waals surface area contributed by atoms with E-state index in [9.17, 15) is 13.6 Å². The molecule has 1 aromatic carbocycles. The summed E-state index contributed by atoms with van der Waals surface area (Å²) in [6, 6.07) is 6.82. The van der Waals surface area contributed by atoms with Crippen molar-refractivity contribution in [2.45, 2.75) is 31.1 Å². The van der Waals surface area contributed by atoms with Crippen LogP contribution in [0, 0.1) is 5.41 Å². The monoisotopic (exact) mass is 484 g/mol. The van der Waals surface area contributed by atoms with Gasteiger partial charge >= 0.3 is 5.57 Å². The minimum atomic E-state index is -3.82. The second-order valence-corrected chi connectivity index (χ2v) is 7.63. The molecule has 1 atom stereocenters. The zero-order chi connectivity index (χ0) is 23.1. The lowest BCUT2D eigenvalue weighted by atomic mass is 10.1. The van der Waals surface area contributed by atoms with Crippen molar-refractivity contribution in [3.05, 3.63) is 58.9 Å². The number of hydrogen-bond donors (Lipinski definition) is 3. The maximum atomic E-state index is 12.7. The van der Waals surface area contributed by atoms with Crippen molar-refractivity contribution in [1.82, 2.24) is 10.3 Å². The molecule has 1 aliphatic rings. The number of anilines is 1. The third kappa shape index (κ3) is 6.88. The molecule has 2 aromatic rings. The fraction of sp³-hybridized carbons (Fsp3) is 0.286. The predicted octanol–water partition coefficient (Wildman–Crippen LogP) is 5.26. The van der Waals surface area contributed by atoms with Crippen molar-refractivity contribution in [3.63, 3.8) is 0 Å². The lowest BCUT2D eigenvalue weighted by molar-refractivity contribution is -0.0964. The van der Waals surface area contributed by atoms with Gasteiger partial charge < -0.3 is 25.5 Å². The third-order valence-corrected chi connectivity index (χ3v) is 4.86. The highest BCUT2D eigenvalue weighted by atomic mass is 35.5. The van der Waals surface area contributed by atoms with Crippen LogP contribution in [-0.2, 0) is 4.74 Å². The molecule has 0 spiro atoms. The molecule has 11 heteroatoms. The first kappa shape index (κ1) is 23.9. The fourth-order valence-electron chi connectivity index (χ4n) is 3.03. The van der Waals surface area contributed by atoms with Gasteiger partial charge in [0.25, 0.3) is 5.91 Å². The average Bonchev–Trinajstić information content (AvgIpc) is 2.75. The molecule has 0 bridgehead atoms. The fourth-order valence-corrected chi connectivity index (χ4v) is 3.33. The van der Waals surface area contributed by atoms with E-state index in [1.165, 1.54) is 36.5 Å². The molecule has 0 radical (unpaired) electrons. The molecule has 32 heavy (non-hydrogen) atoms. The van der Waals surface area contributed by atoms with Crippen LogP contribution >= 0.6 is 23.2 Å². The van der Waals surface area contributed by atoms with E-state index in [0.29, 0.717) is 23.6 Å². The number of ether oxygens (including phenoxy) is 2. The normalized spacial score (nSPS) is 16.9. The number of rotatable bonds is 8. The van der Waals surface area contributed by atoms with Gasteiger partial charge in [-0.1, -0.05) is 11.6 Å². The molecule has 1 fully saturated rings. The molecule has 170 valence electrons. The molecule has 1 saturated heterocycles. The Labute approximate surface area is 193 Å². The number of alkyl halides is 3. The maximum Gasteiger partial charge on any atom is 0.487 e. The van der Waals surface area contributed by atoms with E-state index in [0.717, 1.165) is 25.5 Å². The first-order valence-electron chi connectivity index (χ1n) is 9.67. The Kier molecular flexibility index (Phi) is 8.00. The summed E-state index contributed by atoms with van der Waals surface area (Å²) in [5.74, 6) is -0.647. The van der Waals surface area contributed by atoms with Crippen LogP contribution in [0.1, 0.15) is 35.2 Å². The van der Waals surface area contributed by atoms with Crippen LogP contribution in [0.25, 0.3) is 5.70 Å². The van der Waals surface area contributed by atoms with Crippen LogP contribution in [0.15, 0.2) is 42.6 Å². The number of amides is 1. The molecular formula is C21H20Cl2F2N4O3. The Morgan fingerprint density at radius 3 is 2.69 bits per heavy atom. The molecule has 0 aliphatic carbocycles. The van der Waals surface area contributed by atoms with Crippen LogP contribution in [0.4, 0.5) is 14.5 Å². The van der Waals surface area contributed by atoms with Crippen molar-refractivity contribution in [1.29, 1.82) is 5.41 Å². The number of aromatic nitrogens is 1. The Morgan fingerprint density at radius 1 is 1.31 bits per heavy atom. The minimum Gasteiger partial charge on any atom is -0.420 e. The standard InChI is InChI=1S/C21H20Cl2F2N4O3/c22-19-16(17(8-9-26)29-18-3-1-2-10-31-18)11-13(12-27-19)20(30)28-14-4-6-15(7-5-14)32-21(23,24)25/h4-9,11-12,18,26,29H,1-3,10H2,(H,28,30)/b17-8-,26-9?. The zero-order valence-electron chi connectivity index (χ0n) is 16.7. The van der Waals surface area contributed by atoms with Crippen molar-refractivity contribution >= 4 is 46.7 Å². The van der Waals surface area contributed by atoms with Gasteiger partial charge in [-0.25, -0.2) is 4.98 Å². The molecule has 3 rings (SSSR count). The van der Waals surface area contributed by atoms with E-state index in [1.807, 2.05) is 0 Å². The quantitative estimate of drug-likeness (QED) is 0.269. The predicted molar refractivity (Wildman–Crippen MR) is 119 cm³/mol. The largest absolute Gasteiger partial charge is 0.487 e. The smallest absolute Gasteiger partial charge is 0.420 e. The van der Waals surface area contributed by atoms with E-state index < -0.39 is 11.5 Å². The van der Waals surface area contributed by atoms with Crippen molar-refractivity contribution in [2.75, 3.05) is 11.9 Å². The zero-order valence-corrected chi connectivity index (χ0v) is 18.2. The highest BCUT2D eigenvalue weighted by molar-refractivity contribution is 6.31. The summed E-state index contributed by atoms with van der Waals surface area (Å²) in [7, 11) is 0. The van der Waals surface area contributed by atoms with Crippen LogP contribution < -0.4 is 15.4 Å². The number of nitrogens with zero attached hydrogens (tertiary/aromatic N) is 1. The highest BCUT2D eigenvalue weighted by Crippen LogP contribution is 2.27. The summed E-state index contributed by atoms with van der Waals surface area (Å²) in [6.45, 7) is 0.635. The molecule has 1 unspecified atom stereocenters. The van der Waals surface area contributed by atoms with Gasteiger partial charge in [-0.05, 0) is 55.7 Å². The van der Waals surface area contributed by atoms with Gasteiger partial charge in [0.05, 0.1) is 5.56 Å². The summed E-state index contributed by atoms with van der Waals surface area (Å²) in [4.78, 5) is 16.8. The summed E-state index contributed by atoms with van der Waals surface area (Å²) in [5, 5.41) is 13.4. The second kappa shape index (κ2) is 10.7. The summed E-state index contributed by atoms with van der Waals surface area (Å²) < 4.78 is 35.3. The first-order chi connectivity index (χ1) is 15.2. The molecule has 3 N–H and O–H groups in total. The number of carbonyl (C=O) groups excluding carboxylic acids is 1. The van der Waals surface area contributed by atoms with Gasteiger partial charge in [0.15, 0.2) is 0 Å². The minimum absolute atomic E-state index is 0.154. The number of halogens is 4. The Hall–Kier alpha value is -2.75. The molecular weight excluding hydrogens is 465 g/mol. The molecule has 1 aliphatic heterocycles. The lowest BCUT2D eigenvalue weighted by Crippen LogP contribution is -2.33. The second-order valence-electron chi connectivity index (χ2n) is 6.84. The number of allylic oxidation sites excluding steroid dienone is 1. The van der Waals surface area contributed by atoms with Gasteiger partial charge in [-0.3, -0.25) is 4.79 Å². The van der Waals surface area contributed by atoms with Crippen molar-refractivity contribution in [2.24, 2.45) is 0 Å². The van der Waals surface area contributed by atoms with Crippen molar-refractivity contribution in [3.8, 4) is 5.75 Å². The van der Waals surface area contributed by atoms with Gasteiger partial charge in [-0.2, -0.15) is 0 Å². The van der Waals surface area contributed by atoms with Crippen LogP contribution in [-0.4, -0.2) is 35.5 Å². The number of benzene rings is 1. The van der Waals surface area contributed by atoms with Crippen LogP contribution in [0.5, 0.6) is 5.75 Å². The summed E-state index contributed by atoms with van der Waals surface area (Å²) in [5.41, 5.74) is -2.33. The molecule has 1 aromatic heterocycles. The summed E-state index contributed by atoms with van der Waals surface area (Å²) in [6.07, 6.45) is 6.49. The number of pyridine rings is 1. The number of nitrogens with one attached hydrogen (secondary N) is 3. The Balaban J connectivity index is 1.75. The number of hydrogen-bond acceptors (Lipinski definition) is 6. The van der Waals surface area contributed by atoms with E-state index in [2.05, 4.69) is 20.4 Å². The van der Waals surface area contributed by atoms with Gasteiger partial charge in [0.1, 0.15) is 17.1 Å². The SMILES string of the molecule is N=C/C=C(\NC1CCCCO1)c1cc(C(=O)Nc2ccc(OC(F)(F)Cl)cc2)cnc1Cl. The maximum absolute atomic E-state index is 12.7. The van der Waals surface area contributed by atoms with E-state index >= 15 is 0 Å². The lowest BCUT2D eigenvalue weighted by Gasteiger charge is -2.26. The summed E-state index contributed by atoms with van der Waals surface area (Å²) >= 11 is 11.0. The third-order valence-electron chi connectivity index (χ3n) is 4.48. The molecule has 7 nitrogen and oxygen atoms in total. The van der Waals surface area contributed by atoms with Crippen LogP contribution in [0.2, 0.25) is 5.15 Å². The molecule has 0 saturated carbocycles. The Bertz CT molecular complexity index is 992. The van der Waals surface area contributed by atoms with Gasteiger partial charge in [0, 0.05) is 47.6 Å². The van der Waals surface area contributed by atoms with E-state index in [1.54, 1.807) is 6.07 Å². The topological polar surface area (TPSA) is 96.3 Å². The van der Waals surface area contributed by atoms with Crippen LogP contribution in [0.3, 0.4) is 0 Å². The average molecular weight is 485 g/mol. The molecule has 2 heterocycles. The van der Waals surface area contributed by atoms with Gasteiger partial charge in [0.2, 0.25) is 0 Å². The van der Waals surface area contributed by atoms with E-state index in [4.69, 9.17) is 33.3 Å². The van der Waals surface area contributed by atoms with Gasteiger partial charge in [-0.15, -0.1) is 8.78 Å². The molecule has 1 amide bonds. The van der Waals surface area contributed by atoms with E-state index in [-0.39, 0.29) is 22.7 Å². The first-order valence-corrected chi connectivity index (χ1v) is 10.4. The van der Waals surface area contributed by atoms with Crippen molar-refractivity contribution < 1.29 is 23.0 Å².